The van der Waals surface area contributed by atoms with Gasteiger partial charge < -0.3 is 14.2 Å². The first-order valence-corrected chi connectivity index (χ1v) is 27.9. The fourth-order valence-electron chi connectivity index (χ4n) is 8.57. The van der Waals surface area contributed by atoms with Crippen molar-refractivity contribution in [3.63, 3.8) is 0 Å². The molecule has 0 spiro atoms. The molecule has 0 aliphatic carbocycles. The lowest BCUT2D eigenvalue weighted by Gasteiger charge is -2.18. The standard InChI is InChI=1S/C56H108O6/c1-5-7-9-11-13-15-17-19-21-22-23-24-26-28-30-32-36-41-45-49-56(59)62-53(51-61-55(58)48-44-40-37-33-34-38-42-46-52(3)4)50-60-54(57)47-43-39-35-31-29-27-25-20-18-16-14-12-10-8-6-2/h52-53H,5-51H2,1-4H3/t53-/m0/s1. The van der Waals surface area contributed by atoms with Crippen LogP contribution in [0.25, 0.3) is 0 Å². The van der Waals surface area contributed by atoms with Crippen molar-refractivity contribution in [3.05, 3.63) is 0 Å². The number of ether oxygens (including phenoxy) is 3. The van der Waals surface area contributed by atoms with Crippen molar-refractivity contribution >= 4 is 17.9 Å². The SMILES string of the molecule is CCCCCCCCCCCCCCCCCCCCCC(=O)O[C@@H](COC(=O)CCCCCCCCCCCCCCCCC)COC(=O)CCCCCCCCCC(C)C. The molecule has 0 rings (SSSR count). The van der Waals surface area contributed by atoms with Crippen molar-refractivity contribution in [2.75, 3.05) is 13.2 Å². The third-order valence-corrected chi connectivity index (χ3v) is 12.8. The molecule has 0 unspecified atom stereocenters. The Morgan fingerprint density at radius 2 is 0.532 bits per heavy atom. The molecular weight excluding hydrogens is 769 g/mol. The first-order valence-electron chi connectivity index (χ1n) is 27.9. The van der Waals surface area contributed by atoms with E-state index in [0.29, 0.717) is 19.3 Å². The van der Waals surface area contributed by atoms with Gasteiger partial charge in [0.2, 0.25) is 0 Å². The predicted molar refractivity (Wildman–Crippen MR) is 266 cm³/mol. The third-order valence-electron chi connectivity index (χ3n) is 12.8. The molecule has 0 N–H and O–H groups in total. The van der Waals surface area contributed by atoms with Gasteiger partial charge in [-0.2, -0.15) is 0 Å². The minimum Gasteiger partial charge on any atom is -0.462 e. The van der Waals surface area contributed by atoms with Crippen molar-refractivity contribution in [1.29, 1.82) is 0 Å². The van der Waals surface area contributed by atoms with Crippen LogP contribution in [-0.2, 0) is 28.6 Å². The summed E-state index contributed by atoms with van der Waals surface area (Å²) in [6.45, 7) is 9.00. The maximum Gasteiger partial charge on any atom is 0.306 e. The van der Waals surface area contributed by atoms with Gasteiger partial charge in [0, 0.05) is 19.3 Å². The first-order chi connectivity index (χ1) is 30.4. The van der Waals surface area contributed by atoms with Crippen LogP contribution < -0.4 is 0 Å². The molecule has 0 bridgehead atoms. The van der Waals surface area contributed by atoms with Crippen molar-refractivity contribution < 1.29 is 28.6 Å². The van der Waals surface area contributed by atoms with Crippen LogP contribution in [0.3, 0.4) is 0 Å². The number of carbonyl (C=O) groups is 3. The summed E-state index contributed by atoms with van der Waals surface area (Å²) in [5.41, 5.74) is 0. The molecule has 0 saturated heterocycles. The lowest BCUT2D eigenvalue weighted by atomic mass is 10.0. The maximum atomic E-state index is 12.8. The number of carbonyl (C=O) groups excluding carboxylic acids is 3. The molecule has 1 atom stereocenters. The van der Waals surface area contributed by atoms with Gasteiger partial charge in [-0.3, -0.25) is 14.4 Å². The van der Waals surface area contributed by atoms with E-state index in [0.717, 1.165) is 63.7 Å². The number of hydrogen-bond acceptors (Lipinski definition) is 6. The van der Waals surface area contributed by atoms with Gasteiger partial charge in [0.25, 0.3) is 0 Å². The van der Waals surface area contributed by atoms with Crippen LogP contribution in [-0.4, -0.2) is 37.2 Å². The van der Waals surface area contributed by atoms with Crippen LogP contribution in [0.4, 0.5) is 0 Å². The average Bonchev–Trinajstić information content (AvgIpc) is 3.26. The molecule has 0 fully saturated rings. The highest BCUT2D eigenvalue weighted by molar-refractivity contribution is 5.71. The van der Waals surface area contributed by atoms with E-state index in [9.17, 15) is 14.4 Å². The second-order valence-corrected chi connectivity index (χ2v) is 19.7. The largest absolute Gasteiger partial charge is 0.462 e. The summed E-state index contributed by atoms with van der Waals surface area (Å²) in [4.78, 5) is 38.0. The molecule has 0 aromatic heterocycles. The molecule has 0 heterocycles. The summed E-state index contributed by atoms with van der Waals surface area (Å²) >= 11 is 0. The van der Waals surface area contributed by atoms with Gasteiger partial charge in [0.1, 0.15) is 13.2 Å². The van der Waals surface area contributed by atoms with Crippen LogP contribution in [0.2, 0.25) is 0 Å². The normalized spacial score (nSPS) is 12.0. The van der Waals surface area contributed by atoms with E-state index in [2.05, 4.69) is 27.7 Å². The Labute approximate surface area is 387 Å². The molecule has 0 saturated carbocycles. The summed E-state index contributed by atoms with van der Waals surface area (Å²) in [5, 5.41) is 0. The zero-order chi connectivity index (χ0) is 45.2. The molecule has 0 aromatic rings. The summed E-state index contributed by atoms with van der Waals surface area (Å²) in [6.07, 6.45) is 53.9. The van der Waals surface area contributed by atoms with Gasteiger partial charge in [-0.15, -0.1) is 0 Å². The zero-order valence-corrected chi connectivity index (χ0v) is 42.3. The first kappa shape index (κ1) is 60.4. The Morgan fingerprint density at radius 1 is 0.306 bits per heavy atom. The topological polar surface area (TPSA) is 78.9 Å². The Kier molecular flexibility index (Phi) is 49.1. The zero-order valence-electron chi connectivity index (χ0n) is 42.3. The van der Waals surface area contributed by atoms with Crippen molar-refractivity contribution in [2.45, 2.75) is 323 Å². The van der Waals surface area contributed by atoms with Crippen LogP contribution in [0.5, 0.6) is 0 Å². The average molecular weight is 877 g/mol. The van der Waals surface area contributed by atoms with E-state index in [1.54, 1.807) is 0 Å². The second-order valence-electron chi connectivity index (χ2n) is 19.7. The van der Waals surface area contributed by atoms with Gasteiger partial charge >= 0.3 is 17.9 Å². The molecule has 62 heavy (non-hydrogen) atoms. The fraction of sp³-hybridized carbons (Fsp3) is 0.946. The van der Waals surface area contributed by atoms with E-state index < -0.39 is 6.10 Å². The molecule has 0 amide bonds. The van der Waals surface area contributed by atoms with Gasteiger partial charge in [-0.1, -0.05) is 278 Å². The van der Waals surface area contributed by atoms with Gasteiger partial charge in [-0.25, -0.2) is 0 Å². The maximum absolute atomic E-state index is 12.8. The molecule has 0 aliphatic rings. The van der Waals surface area contributed by atoms with Gasteiger partial charge in [0.05, 0.1) is 0 Å². The Balaban J connectivity index is 4.24. The highest BCUT2D eigenvalue weighted by Gasteiger charge is 2.19. The van der Waals surface area contributed by atoms with Gasteiger partial charge in [0.15, 0.2) is 6.10 Å². The molecule has 6 heteroatoms. The van der Waals surface area contributed by atoms with E-state index in [1.807, 2.05) is 0 Å². The van der Waals surface area contributed by atoms with E-state index in [1.165, 1.54) is 212 Å². The minimum atomic E-state index is -0.761. The highest BCUT2D eigenvalue weighted by Crippen LogP contribution is 2.18. The number of esters is 3. The highest BCUT2D eigenvalue weighted by atomic mass is 16.6. The molecular formula is C56H108O6. The number of rotatable bonds is 51. The Bertz CT molecular complexity index is 933. The van der Waals surface area contributed by atoms with Crippen LogP contribution in [0.15, 0.2) is 0 Å². The number of hydrogen-bond donors (Lipinski definition) is 0. The monoisotopic (exact) mass is 877 g/mol. The van der Waals surface area contributed by atoms with E-state index in [-0.39, 0.29) is 31.1 Å². The minimum absolute atomic E-state index is 0.0629. The second kappa shape index (κ2) is 50.4. The van der Waals surface area contributed by atoms with Gasteiger partial charge in [-0.05, 0) is 25.2 Å². The molecule has 6 nitrogen and oxygen atoms in total. The Morgan fingerprint density at radius 3 is 0.790 bits per heavy atom. The summed E-state index contributed by atoms with van der Waals surface area (Å²) in [5.74, 6) is -0.0611. The van der Waals surface area contributed by atoms with E-state index >= 15 is 0 Å². The lowest BCUT2D eigenvalue weighted by molar-refractivity contribution is -0.167. The van der Waals surface area contributed by atoms with Crippen molar-refractivity contribution in [2.24, 2.45) is 5.92 Å². The summed E-state index contributed by atoms with van der Waals surface area (Å²) in [6, 6.07) is 0. The van der Waals surface area contributed by atoms with E-state index in [4.69, 9.17) is 14.2 Å². The third kappa shape index (κ3) is 49.4. The molecule has 0 aromatic carbocycles. The molecule has 0 radical (unpaired) electrons. The smallest absolute Gasteiger partial charge is 0.306 e. The lowest BCUT2D eigenvalue weighted by Crippen LogP contribution is -2.30. The van der Waals surface area contributed by atoms with Crippen LogP contribution >= 0.6 is 0 Å². The quantitative estimate of drug-likeness (QED) is 0.0344. The Hall–Kier alpha value is -1.59. The number of unbranched alkanes of at least 4 members (excludes halogenated alkanes) is 38. The summed E-state index contributed by atoms with van der Waals surface area (Å²) in [7, 11) is 0. The van der Waals surface area contributed by atoms with Crippen LogP contribution in [0.1, 0.15) is 317 Å². The van der Waals surface area contributed by atoms with Crippen molar-refractivity contribution in [3.8, 4) is 0 Å². The summed E-state index contributed by atoms with van der Waals surface area (Å²) < 4.78 is 16.8. The predicted octanol–water partition coefficient (Wildman–Crippen LogP) is 18.2. The van der Waals surface area contributed by atoms with Crippen molar-refractivity contribution in [1.82, 2.24) is 0 Å². The molecule has 368 valence electrons. The molecule has 0 aliphatic heterocycles. The van der Waals surface area contributed by atoms with Crippen LogP contribution in [0, 0.1) is 5.92 Å². The fourth-order valence-corrected chi connectivity index (χ4v) is 8.57.